The Kier molecular flexibility index (Phi) is 2.88. The molecule has 3 N–H and O–H groups in total. The fourth-order valence-electron chi connectivity index (χ4n) is 1.41. The largest absolute Gasteiger partial charge is 0.459 e. The minimum Gasteiger partial charge on any atom is -0.360 e. The van der Waals surface area contributed by atoms with Crippen molar-refractivity contribution < 1.29 is 37.0 Å². The normalized spacial score (nSPS) is 23.4. The molecule has 1 heterocycles. The summed E-state index contributed by atoms with van der Waals surface area (Å²) in [5.41, 5.74) is 0. The Balaban J connectivity index is 3.05. The first-order valence-electron chi connectivity index (χ1n) is 4.19. The lowest BCUT2D eigenvalue weighted by atomic mass is 9.91. The first-order valence-corrected chi connectivity index (χ1v) is 4.19. The van der Waals surface area contributed by atoms with E-state index in [0.29, 0.717) is 0 Å². The molecule has 9 heteroatoms. The van der Waals surface area contributed by atoms with Gasteiger partial charge in [0.2, 0.25) is 11.7 Å². The van der Waals surface area contributed by atoms with Crippen LogP contribution in [0.5, 0.6) is 0 Å². The Morgan fingerprint density at radius 1 is 1.19 bits per heavy atom. The highest BCUT2D eigenvalue weighted by Crippen LogP contribution is 2.46. The second-order valence-corrected chi connectivity index (χ2v) is 3.43. The van der Waals surface area contributed by atoms with E-state index in [0.717, 1.165) is 0 Å². The van der Waals surface area contributed by atoms with Crippen LogP contribution in [-0.2, 0) is 4.79 Å². The van der Waals surface area contributed by atoms with Crippen LogP contribution in [0.4, 0.5) is 22.0 Å². The van der Waals surface area contributed by atoms with Crippen LogP contribution in [0.25, 0.3) is 0 Å². The molecule has 1 rings (SSSR count). The van der Waals surface area contributed by atoms with Crippen molar-refractivity contribution in [2.75, 3.05) is 6.54 Å². The van der Waals surface area contributed by atoms with Crippen molar-refractivity contribution in [3.05, 3.63) is 0 Å². The van der Waals surface area contributed by atoms with Crippen molar-refractivity contribution in [3.63, 3.8) is 0 Å². The van der Waals surface area contributed by atoms with Crippen molar-refractivity contribution in [3.8, 4) is 0 Å². The number of amides is 1. The quantitative estimate of drug-likeness (QED) is 0.476. The number of alkyl halides is 5. The lowest BCUT2D eigenvalue weighted by Crippen LogP contribution is -2.62. The third-order valence-corrected chi connectivity index (χ3v) is 2.35. The van der Waals surface area contributed by atoms with Crippen molar-refractivity contribution >= 4 is 5.91 Å². The van der Waals surface area contributed by atoms with Gasteiger partial charge in [-0.2, -0.15) is 22.0 Å². The SMILES string of the molecule is O=C1NCCC1C(O)(O)C(F)(F)C(F)(F)F. The molecule has 1 fully saturated rings. The molecule has 0 bridgehead atoms. The molecule has 94 valence electrons. The third kappa shape index (κ3) is 1.73. The average molecular weight is 249 g/mol. The highest BCUT2D eigenvalue weighted by atomic mass is 19.4. The summed E-state index contributed by atoms with van der Waals surface area (Å²) in [6, 6.07) is 0. The smallest absolute Gasteiger partial charge is 0.360 e. The number of hydrogen-bond acceptors (Lipinski definition) is 3. The predicted molar refractivity (Wildman–Crippen MR) is 39.3 cm³/mol. The number of carbonyl (C=O) groups excluding carboxylic acids is 1. The molecule has 0 aromatic rings. The van der Waals surface area contributed by atoms with E-state index < -0.39 is 36.1 Å². The molecule has 0 saturated carbocycles. The predicted octanol–water partition coefficient (Wildman–Crippen LogP) is 0.00100. The van der Waals surface area contributed by atoms with Gasteiger partial charge in [0, 0.05) is 6.54 Å². The van der Waals surface area contributed by atoms with Crippen LogP contribution in [0.3, 0.4) is 0 Å². The van der Waals surface area contributed by atoms with Crippen LogP contribution < -0.4 is 5.32 Å². The van der Waals surface area contributed by atoms with Gasteiger partial charge in [0.05, 0.1) is 5.92 Å². The molecule has 1 atom stereocenters. The second-order valence-electron chi connectivity index (χ2n) is 3.43. The van der Waals surface area contributed by atoms with Crippen LogP contribution >= 0.6 is 0 Å². The third-order valence-electron chi connectivity index (χ3n) is 2.35. The lowest BCUT2D eigenvalue weighted by Gasteiger charge is -2.34. The number of halogens is 5. The highest BCUT2D eigenvalue weighted by Gasteiger charge is 2.73. The monoisotopic (exact) mass is 249 g/mol. The van der Waals surface area contributed by atoms with Gasteiger partial charge in [-0.3, -0.25) is 4.79 Å². The number of carbonyl (C=O) groups is 1. The van der Waals surface area contributed by atoms with Crippen LogP contribution in [0.1, 0.15) is 6.42 Å². The fourth-order valence-corrected chi connectivity index (χ4v) is 1.41. The Labute approximate surface area is 86.1 Å². The number of rotatable bonds is 2. The topological polar surface area (TPSA) is 69.6 Å². The number of hydrogen-bond donors (Lipinski definition) is 3. The van der Waals surface area contributed by atoms with Gasteiger partial charge < -0.3 is 15.5 Å². The van der Waals surface area contributed by atoms with E-state index in [2.05, 4.69) is 0 Å². The lowest BCUT2D eigenvalue weighted by molar-refractivity contribution is -0.404. The fraction of sp³-hybridized carbons (Fsp3) is 0.857. The molecule has 1 amide bonds. The van der Waals surface area contributed by atoms with Gasteiger partial charge in [-0.15, -0.1) is 0 Å². The maximum atomic E-state index is 12.7. The van der Waals surface area contributed by atoms with Gasteiger partial charge >= 0.3 is 12.1 Å². The second kappa shape index (κ2) is 3.52. The standard InChI is InChI=1S/C7H8F5NO3/c8-6(9,7(10,11)12)5(15,16)3-1-2-13-4(3)14/h3,15-16H,1-2H2,(H,13,14). The molecule has 4 nitrogen and oxygen atoms in total. The molecule has 1 saturated heterocycles. The van der Waals surface area contributed by atoms with Gasteiger partial charge in [-0.05, 0) is 6.42 Å². The molecule has 0 spiro atoms. The molecule has 1 unspecified atom stereocenters. The summed E-state index contributed by atoms with van der Waals surface area (Å²) in [4.78, 5) is 10.9. The molecule has 1 aliphatic heterocycles. The summed E-state index contributed by atoms with van der Waals surface area (Å²) < 4.78 is 61.2. The van der Waals surface area contributed by atoms with E-state index in [1.807, 2.05) is 5.32 Å². The summed E-state index contributed by atoms with van der Waals surface area (Å²) in [5.74, 6) is -13.7. The van der Waals surface area contributed by atoms with Crippen LogP contribution in [0, 0.1) is 5.92 Å². The minimum absolute atomic E-state index is 0.180. The zero-order valence-electron chi connectivity index (χ0n) is 7.68. The van der Waals surface area contributed by atoms with E-state index in [-0.39, 0.29) is 6.54 Å². The highest BCUT2D eigenvalue weighted by molar-refractivity contribution is 5.81. The number of nitrogens with one attached hydrogen (secondary N) is 1. The van der Waals surface area contributed by atoms with Crippen molar-refractivity contribution in [1.29, 1.82) is 0 Å². The van der Waals surface area contributed by atoms with Crippen molar-refractivity contribution in [1.82, 2.24) is 5.32 Å². The Morgan fingerprint density at radius 3 is 2.00 bits per heavy atom. The zero-order chi connectivity index (χ0) is 12.8. The Bertz CT molecular complexity index is 301. The molecule has 16 heavy (non-hydrogen) atoms. The first kappa shape index (κ1) is 13.1. The number of aliphatic hydroxyl groups is 2. The van der Waals surface area contributed by atoms with E-state index in [9.17, 15) is 26.7 Å². The summed E-state index contributed by atoms with van der Waals surface area (Å²) >= 11 is 0. The molecule has 0 radical (unpaired) electrons. The maximum Gasteiger partial charge on any atom is 0.459 e. The van der Waals surface area contributed by atoms with Gasteiger partial charge in [0.1, 0.15) is 0 Å². The van der Waals surface area contributed by atoms with E-state index in [4.69, 9.17) is 10.2 Å². The molecule has 1 aliphatic rings. The van der Waals surface area contributed by atoms with Gasteiger partial charge in [-0.25, -0.2) is 0 Å². The molecule has 0 aromatic heterocycles. The van der Waals surface area contributed by atoms with Gasteiger partial charge in [-0.1, -0.05) is 0 Å². The maximum absolute atomic E-state index is 12.7. The Hall–Kier alpha value is -0.960. The van der Waals surface area contributed by atoms with Crippen molar-refractivity contribution in [2.45, 2.75) is 24.3 Å². The van der Waals surface area contributed by atoms with Gasteiger partial charge in [0.15, 0.2) is 0 Å². The summed E-state index contributed by atoms with van der Waals surface area (Å²) in [5, 5.41) is 19.7. The van der Waals surface area contributed by atoms with E-state index >= 15 is 0 Å². The minimum atomic E-state index is -6.14. The first-order chi connectivity index (χ1) is 7.02. The van der Waals surface area contributed by atoms with Crippen LogP contribution in [0.2, 0.25) is 0 Å². The Morgan fingerprint density at radius 2 is 1.69 bits per heavy atom. The summed E-state index contributed by atoms with van der Waals surface area (Å²) in [7, 11) is 0. The average Bonchev–Trinajstić information content (AvgIpc) is 2.49. The van der Waals surface area contributed by atoms with Crippen LogP contribution in [0.15, 0.2) is 0 Å². The van der Waals surface area contributed by atoms with Gasteiger partial charge in [0.25, 0.3) is 0 Å². The van der Waals surface area contributed by atoms with E-state index in [1.54, 1.807) is 0 Å². The zero-order valence-corrected chi connectivity index (χ0v) is 7.68. The van der Waals surface area contributed by atoms with E-state index in [1.165, 1.54) is 0 Å². The summed E-state index contributed by atoms with van der Waals surface area (Å²) in [6.45, 7) is -0.180. The molecule has 0 aromatic carbocycles. The summed E-state index contributed by atoms with van der Waals surface area (Å²) in [6.07, 6.45) is -6.64. The molecular formula is C7H8F5NO3. The molecule has 0 aliphatic carbocycles. The van der Waals surface area contributed by atoms with Crippen LogP contribution in [-0.4, -0.2) is 40.6 Å². The molecular weight excluding hydrogens is 241 g/mol. The van der Waals surface area contributed by atoms with Crippen molar-refractivity contribution in [2.24, 2.45) is 5.92 Å².